The Kier molecular flexibility index (Phi) is 5.29. The summed E-state index contributed by atoms with van der Waals surface area (Å²) >= 11 is 0. The molecule has 0 bridgehead atoms. The summed E-state index contributed by atoms with van der Waals surface area (Å²) in [6.45, 7) is 3.88. The summed E-state index contributed by atoms with van der Waals surface area (Å²) in [6.07, 6.45) is 4.92. The average molecular weight is 374 g/mol. The Morgan fingerprint density at radius 1 is 1.04 bits per heavy atom. The number of aryl methyl sites for hydroxylation is 1. The van der Waals surface area contributed by atoms with E-state index in [0.717, 1.165) is 43.4 Å². The Hall–Kier alpha value is -2.88. The Balaban J connectivity index is 1.41. The van der Waals surface area contributed by atoms with Gasteiger partial charge in [-0.15, -0.1) is 0 Å². The molecule has 4 rings (SSSR count). The van der Waals surface area contributed by atoms with Crippen molar-refractivity contribution in [2.24, 2.45) is 5.92 Å². The van der Waals surface area contributed by atoms with Gasteiger partial charge in [-0.25, -0.2) is 0 Å². The third-order valence-electron chi connectivity index (χ3n) is 5.77. The summed E-state index contributed by atoms with van der Waals surface area (Å²) in [5, 5.41) is 0.678. The van der Waals surface area contributed by atoms with E-state index in [1.807, 2.05) is 40.7 Å². The lowest BCUT2D eigenvalue weighted by molar-refractivity contribution is -0.133. The van der Waals surface area contributed by atoms with E-state index >= 15 is 0 Å². The molecule has 0 unspecified atom stereocenters. The highest BCUT2D eigenvalue weighted by Crippen LogP contribution is 2.22. The lowest BCUT2D eigenvalue weighted by Gasteiger charge is -2.32. The van der Waals surface area contributed by atoms with Crippen LogP contribution >= 0.6 is 0 Å². The summed E-state index contributed by atoms with van der Waals surface area (Å²) in [4.78, 5) is 27.0. The predicted octanol–water partition coefficient (Wildman–Crippen LogP) is 3.79. The lowest BCUT2D eigenvalue weighted by Crippen LogP contribution is -2.40. The number of nitrogens with zero attached hydrogens (tertiary/aromatic N) is 2. The summed E-state index contributed by atoms with van der Waals surface area (Å²) < 4.78 is 1.90. The maximum absolute atomic E-state index is 12.9. The number of fused-ring (bicyclic) bond motifs is 1. The Labute approximate surface area is 165 Å². The molecule has 2 heterocycles. The average Bonchev–Trinajstić information content (AvgIpc) is 2.71. The third kappa shape index (κ3) is 4.01. The second-order valence-electron chi connectivity index (χ2n) is 7.84. The second kappa shape index (κ2) is 8.01. The van der Waals surface area contributed by atoms with Crippen LogP contribution in [0.15, 0.2) is 65.6 Å². The van der Waals surface area contributed by atoms with Crippen LogP contribution in [0.25, 0.3) is 10.9 Å². The van der Waals surface area contributed by atoms with Crippen LogP contribution in [0.5, 0.6) is 0 Å². The number of pyridine rings is 1. The molecule has 0 saturated carbocycles. The van der Waals surface area contributed by atoms with Crippen LogP contribution in [0, 0.1) is 12.8 Å². The number of hydrogen-bond donors (Lipinski definition) is 0. The van der Waals surface area contributed by atoms with Crippen molar-refractivity contribution in [2.45, 2.75) is 32.7 Å². The molecule has 3 aromatic rings. The number of benzene rings is 2. The van der Waals surface area contributed by atoms with Crippen molar-refractivity contribution in [3.05, 3.63) is 82.1 Å². The monoisotopic (exact) mass is 374 g/mol. The fourth-order valence-corrected chi connectivity index (χ4v) is 4.14. The fourth-order valence-electron chi connectivity index (χ4n) is 4.14. The van der Waals surface area contributed by atoms with Gasteiger partial charge in [0, 0.05) is 30.7 Å². The van der Waals surface area contributed by atoms with Gasteiger partial charge in [-0.3, -0.25) is 9.59 Å². The molecule has 1 amide bonds. The van der Waals surface area contributed by atoms with Crippen LogP contribution in [-0.2, 0) is 17.8 Å². The Morgan fingerprint density at radius 3 is 2.54 bits per heavy atom. The number of piperidine rings is 1. The molecule has 0 atom stereocenters. The largest absolute Gasteiger partial charge is 0.341 e. The van der Waals surface area contributed by atoms with Gasteiger partial charge in [-0.1, -0.05) is 42.0 Å². The molecular formula is C24H26N2O2. The first-order valence-electron chi connectivity index (χ1n) is 10.0. The van der Waals surface area contributed by atoms with Crippen LogP contribution in [0.1, 0.15) is 24.0 Å². The molecule has 1 aliphatic heterocycles. The van der Waals surface area contributed by atoms with Crippen molar-refractivity contribution < 1.29 is 4.79 Å². The van der Waals surface area contributed by atoms with E-state index in [1.165, 1.54) is 5.56 Å². The van der Waals surface area contributed by atoms with E-state index in [4.69, 9.17) is 0 Å². The van der Waals surface area contributed by atoms with Crippen LogP contribution < -0.4 is 5.43 Å². The van der Waals surface area contributed by atoms with Crippen molar-refractivity contribution in [2.75, 3.05) is 13.1 Å². The van der Waals surface area contributed by atoms with Crippen molar-refractivity contribution in [1.29, 1.82) is 0 Å². The second-order valence-corrected chi connectivity index (χ2v) is 7.84. The highest BCUT2D eigenvalue weighted by atomic mass is 16.2. The van der Waals surface area contributed by atoms with Gasteiger partial charge in [0.05, 0.1) is 5.52 Å². The van der Waals surface area contributed by atoms with Crippen LogP contribution in [0.2, 0.25) is 0 Å². The molecule has 4 heteroatoms. The fraction of sp³-hybridized carbons (Fsp3) is 0.333. The van der Waals surface area contributed by atoms with E-state index in [0.29, 0.717) is 11.3 Å². The topological polar surface area (TPSA) is 42.3 Å². The van der Waals surface area contributed by atoms with Crippen molar-refractivity contribution >= 4 is 16.8 Å². The number of carbonyl (C=O) groups is 1. The molecule has 0 aliphatic carbocycles. The number of aromatic nitrogens is 1. The normalized spacial score (nSPS) is 15.1. The van der Waals surface area contributed by atoms with Gasteiger partial charge in [0.1, 0.15) is 6.54 Å². The SMILES string of the molecule is Cc1ccc2c(c1)c(=O)ccn2CC(=O)N1CCC(Cc2ccccc2)CC1. The molecule has 0 radical (unpaired) electrons. The van der Waals surface area contributed by atoms with E-state index in [9.17, 15) is 9.59 Å². The van der Waals surface area contributed by atoms with Gasteiger partial charge < -0.3 is 9.47 Å². The molecule has 4 nitrogen and oxygen atoms in total. The van der Waals surface area contributed by atoms with Crippen LogP contribution in [0.4, 0.5) is 0 Å². The zero-order valence-corrected chi connectivity index (χ0v) is 16.3. The zero-order chi connectivity index (χ0) is 19.5. The van der Waals surface area contributed by atoms with Crippen LogP contribution in [-0.4, -0.2) is 28.5 Å². The molecule has 1 aromatic heterocycles. The minimum atomic E-state index is 0.00382. The standard InChI is InChI=1S/C24H26N2O2/c1-18-7-8-22-21(15-18)23(27)11-14-26(22)17-24(28)25-12-9-20(10-13-25)16-19-5-3-2-4-6-19/h2-8,11,14-15,20H,9-10,12-13,16-17H2,1H3. The van der Waals surface area contributed by atoms with Gasteiger partial charge in [-0.05, 0) is 49.8 Å². The predicted molar refractivity (Wildman–Crippen MR) is 112 cm³/mol. The molecular weight excluding hydrogens is 348 g/mol. The maximum Gasteiger partial charge on any atom is 0.242 e. The molecule has 0 N–H and O–H groups in total. The molecule has 1 saturated heterocycles. The van der Waals surface area contributed by atoms with Gasteiger partial charge in [-0.2, -0.15) is 0 Å². The number of amides is 1. The minimum absolute atomic E-state index is 0.00382. The first-order chi connectivity index (χ1) is 13.6. The highest BCUT2D eigenvalue weighted by molar-refractivity contribution is 5.82. The molecule has 0 spiro atoms. The molecule has 1 aliphatic rings. The number of likely N-dealkylation sites (tertiary alicyclic amines) is 1. The summed E-state index contributed by atoms with van der Waals surface area (Å²) in [5.41, 5.74) is 3.26. The first-order valence-corrected chi connectivity index (χ1v) is 10.0. The molecule has 2 aromatic carbocycles. The smallest absolute Gasteiger partial charge is 0.242 e. The molecule has 28 heavy (non-hydrogen) atoms. The summed E-state index contributed by atoms with van der Waals surface area (Å²) in [7, 11) is 0. The highest BCUT2D eigenvalue weighted by Gasteiger charge is 2.23. The van der Waals surface area contributed by atoms with E-state index in [-0.39, 0.29) is 17.9 Å². The number of carbonyl (C=O) groups excluding carboxylic acids is 1. The number of hydrogen-bond acceptors (Lipinski definition) is 2. The van der Waals surface area contributed by atoms with Gasteiger partial charge >= 0.3 is 0 Å². The van der Waals surface area contributed by atoms with Crippen LogP contribution in [0.3, 0.4) is 0 Å². The van der Waals surface area contributed by atoms with Gasteiger partial charge in [0.15, 0.2) is 5.43 Å². The maximum atomic E-state index is 12.9. The van der Waals surface area contributed by atoms with E-state index in [2.05, 4.69) is 24.3 Å². The Morgan fingerprint density at radius 2 is 1.79 bits per heavy atom. The van der Waals surface area contributed by atoms with Crippen molar-refractivity contribution in [1.82, 2.24) is 9.47 Å². The molecule has 1 fully saturated rings. The zero-order valence-electron chi connectivity index (χ0n) is 16.3. The first kappa shape index (κ1) is 18.5. The number of rotatable bonds is 4. The van der Waals surface area contributed by atoms with E-state index < -0.39 is 0 Å². The molecule has 144 valence electrons. The van der Waals surface area contributed by atoms with Crippen molar-refractivity contribution in [3.63, 3.8) is 0 Å². The lowest BCUT2D eigenvalue weighted by atomic mass is 9.90. The quantitative estimate of drug-likeness (QED) is 0.697. The minimum Gasteiger partial charge on any atom is -0.341 e. The summed E-state index contributed by atoms with van der Waals surface area (Å²) in [6, 6.07) is 18.0. The van der Waals surface area contributed by atoms with Gasteiger partial charge in [0.2, 0.25) is 5.91 Å². The van der Waals surface area contributed by atoms with Crippen molar-refractivity contribution in [3.8, 4) is 0 Å². The summed E-state index contributed by atoms with van der Waals surface area (Å²) in [5.74, 6) is 0.770. The third-order valence-corrected chi connectivity index (χ3v) is 5.77. The van der Waals surface area contributed by atoms with E-state index in [1.54, 1.807) is 12.3 Å². The van der Waals surface area contributed by atoms with Gasteiger partial charge in [0.25, 0.3) is 0 Å². The Bertz CT molecular complexity index is 1030.